The number of fused-ring (bicyclic) bond motifs is 7. The lowest BCUT2D eigenvalue weighted by Crippen LogP contribution is -1.98. The average molecular weight is 170 g/mol. The molecule has 0 N–H and O–H groups in total. The molecule has 0 saturated carbocycles. The molecule has 1 aromatic rings. The molecule has 1 aromatic heterocycles. The van der Waals surface area contributed by atoms with Crippen LogP contribution in [0.15, 0.2) is 34.0 Å². The molecule has 0 amide bonds. The van der Waals surface area contributed by atoms with E-state index in [1.165, 1.54) is 16.7 Å². The Labute approximate surface area is 74.4 Å². The van der Waals surface area contributed by atoms with E-state index in [9.17, 15) is 0 Å². The molecule has 13 heavy (non-hydrogen) atoms. The number of aromatic nitrogens is 2. The van der Waals surface area contributed by atoms with Crippen LogP contribution in [0.25, 0.3) is 5.57 Å². The molecule has 1 heterocycles. The maximum Gasteiger partial charge on any atom is 0.135 e. The highest BCUT2D eigenvalue weighted by atomic mass is 16.6. The monoisotopic (exact) mass is 170 g/mol. The van der Waals surface area contributed by atoms with E-state index in [4.69, 9.17) is 4.63 Å². The molecule has 0 spiro atoms. The molecular weight excluding hydrogens is 164 g/mol. The number of nitrogens with zero attached hydrogens (tertiary/aromatic N) is 2. The zero-order chi connectivity index (χ0) is 8.41. The van der Waals surface area contributed by atoms with E-state index < -0.39 is 0 Å². The van der Waals surface area contributed by atoms with Crippen LogP contribution < -0.4 is 0 Å². The predicted molar refractivity (Wildman–Crippen MR) is 45.8 cm³/mol. The van der Waals surface area contributed by atoms with Crippen molar-refractivity contribution in [1.82, 2.24) is 10.3 Å². The minimum Gasteiger partial charge on any atom is -0.244 e. The summed E-state index contributed by atoms with van der Waals surface area (Å²) >= 11 is 0. The number of hydrogen-bond donors (Lipinski definition) is 0. The molecule has 3 heteroatoms. The van der Waals surface area contributed by atoms with Gasteiger partial charge in [0, 0.05) is 5.92 Å². The highest BCUT2D eigenvalue weighted by molar-refractivity contribution is 5.86. The minimum absolute atomic E-state index is 0.432. The van der Waals surface area contributed by atoms with Crippen LogP contribution >= 0.6 is 0 Å². The summed E-state index contributed by atoms with van der Waals surface area (Å²) in [6.07, 6.45) is 7.50. The summed E-state index contributed by atoms with van der Waals surface area (Å²) in [5.74, 6) is 0.432. The molecular formula is C10H6N2O. The van der Waals surface area contributed by atoms with Crippen LogP contribution in [0.3, 0.4) is 0 Å². The summed E-state index contributed by atoms with van der Waals surface area (Å²) in [6, 6.07) is 0. The van der Waals surface area contributed by atoms with Gasteiger partial charge in [0.05, 0.1) is 0 Å². The minimum atomic E-state index is 0.432. The molecule has 0 radical (unpaired) electrons. The summed E-state index contributed by atoms with van der Waals surface area (Å²) in [6.45, 7) is 0. The largest absolute Gasteiger partial charge is 0.244 e. The van der Waals surface area contributed by atoms with Crippen LogP contribution in [-0.2, 0) is 0 Å². The summed E-state index contributed by atoms with van der Waals surface area (Å²) < 4.78 is 4.75. The SMILES string of the molecule is C1=CC2=C3CC(C2=C1)c1nonc13. The fourth-order valence-corrected chi connectivity index (χ4v) is 2.54. The first-order valence-electron chi connectivity index (χ1n) is 4.40. The molecule has 3 aliphatic rings. The van der Waals surface area contributed by atoms with Gasteiger partial charge in [-0.25, -0.2) is 4.63 Å². The predicted octanol–water partition coefficient (Wildman–Crippen LogP) is 1.82. The van der Waals surface area contributed by atoms with Crippen LogP contribution in [0.2, 0.25) is 0 Å². The molecule has 0 aromatic carbocycles. The van der Waals surface area contributed by atoms with Crippen molar-refractivity contribution in [1.29, 1.82) is 0 Å². The van der Waals surface area contributed by atoms with Crippen molar-refractivity contribution < 1.29 is 4.63 Å². The first kappa shape index (κ1) is 5.91. The zero-order valence-electron chi connectivity index (χ0n) is 6.82. The van der Waals surface area contributed by atoms with Crippen molar-refractivity contribution in [3.63, 3.8) is 0 Å². The Kier molecular flexibility index (Phi) is 0.757. The van der Waals surface area contributed by atoms with Crippen LogP contribution in [0.5, 0.6) is 0 Å². The van der Waals surface area contributed by atoms with E-state index in [2.05, 4.69) is 28.5 Å². The first-order chi connectivity index (χ1) is 6.45. The van der Waals surface area contributed by atoms with E-state index in [-0.39, 0.29) is 0 Å². The van der Waals surface area contributed by atoms with Gasteiger partial charge in [-0.05, 0) is 28.3 Å². The van der Waals surface area contributed by atoms with Gasteiger partial charge < -0.3 is 0 Å². The van der Waals surface area contributed by atoms with Crippen molar-refractivity contribution in [3.8, 4) is 0 Å². The Morgan fingerprint density at radius 3 is 3.38 bits per heavy atom. The lowest BCUT2D eigenvalue weighted by Gasteiger charge is -2.07. The van der Waals surface area contributed by atoms with Crippen molar-refractivity contribution in [2.45, 2.75) is 12.3 Å². The normalized spacial score (nSPS) is 26.8. The fourth-order valence-electron chi connectivity index (χ4n) is 2.54. The summed E-state index contributed by atoms with van der Waals surface area (Å²) in [5.41, 5.74) is 6.10. The second kappa shape index (κ2) is 1.66. The van der Waals surface area contributed by atoms with Gasteiger partial charge in [-0.1, -0.05) is 23.4 Å². The smallest absolute Gasteiger partial charge is 0.135 e. The molecule has 0 saturated heterocycles. The fraction of sp³-hybridized carbons (Fsp3) is 0.200. The molecule has 0 aliphatic heterocycles. The van der Waals surface area contributed by atoms with Crippen molar-refractivity contribution in [3.05, 3.63) is 40.8 Å². The molecule has 1 atom stereocenters. The second-order valence-electron chi connectivity index (χ2n) is 3.63. The topological polar surface area (TPSA) is 38.9 Å². The third-order valence-electron chi connectivity index (χ3n) is 3.09. The van der Waals surface area contributed by atoms with Crippen LogP contribution in [0, 0.1) is 0 Å². The molecule has 3 nitrogen and oxygen atoms in total. The maximum absolute atomic E-state index is 4.75. The average Bonchev–Trinajstić information content (AvgIpc) is 2.81. The molecule has 0 fully saturated rings. The molecule has 2 bridgehead atoms. The van der Waals surface area contributed by atoms with E-state index in [1.807, 2.05) is 0 Å². The van der Waals surface area contributed by atoms with Gasteiger partial charge in [0.15, 0.2) is 0 Å². The van der Waals surface area contributed by atoms with Gasteiger partial charge in [0.2, 0.25) is 0 Å². The number of hydrogen-bond acceptors (Lipinski definition) is 3. The maximum atomic E-state index is 4.75. The van der Waals surface area contributed by atoms with Crippen molar-refractivity contribution >= 4 is 5.57 Å². The quantitative estimate of drug-likeness (QED) is 0.596. The Hall–Kier alpha value is -1.64. The first-order valence-corrected chi connectivity index (χ1v) is 4.40. The van der Waals surface area contributed by atoms with Gasteiger partial charge in [-0.2, -0.15) is 0 Å². The van der Waals surface area contributed by atoms with E-state index in [0.717, 1.165) is 17.8 Å². The van der Waals surface area contributed by atoms with Crippen molar-refractivity contribution in [2.75, 3.05) is 0 Å². The van der Waals surface area contributed by atoms with Crippen LogP contribution in [0.1, 0.15) is 23.7 Å². The Bertz CT molecular complexity index is 505. The summed E-state index contributed by atoms with van der Waals surface area (Å²) in [7, 11) is 0. The van der Waals surface area contributed by atoms with Gasteiger partial charge in [0.1, 0.15) is 11.4 Å². The zero-order valence-corrected chi connectivity index (χ0v) is 6.82. The molecule has 62 valence electrons. The highest BCUT2D eigenvalue weighted by Gasteiger charge is 2.43. The van der Waals surface area contributed by atoms with E-state index >= 15 is 0 Å². The third kappa shape index (κ3) is 0.492. The molecule has 4 rings (SSSR count). The number of rotatable bonds is 0. The lowest BCUT2D eigenvalue weighted by atomic mass is 9.95. The Morgan fingerprint density at radius 2 is 2.38 bits per heavy atom. The number of allylic oxidation sites excluding steroid dienone is 6. The van der Waals surface area contributed by atoms with Crippen molar-refractivity contribution in [2.24, 2.45) is 0 Å². The van der Waals surface area contributed by atoms with Crippen LogP contribution in [-0.4, -0.2) is 10.3 Å². The Morgan fingerprint density at radius 1 is 1.38 bits per heavy atom. The standard InChI is InChI=1S/C10H6N2O/c1-2-5-6(3-1)8-4-7(5)9-10(8)12-13-11-9/h1-3,7H,4H2. The van der Waals surface area contributed by atoms with E-state index in [1.54, 1.807) is 0 Å². The summed E-state index contributed by atoms with van der Waals surface area (Å²) in [5, 5.41) is 7.89. The van der Waals surface area contributed by atoms with Gasteiger partial charge in [-0.3, -0.25) is 0 Å². The second-order valence-corrected chi connectivity index (χ2v) is 3.63. The molecule has 1 unspecified atom stereocenters. The van der Waals surface area contributed by atoms with Gasteiger partial charge in [0.25, 0.3) is 0 Å². The van der Waals surface area contributed by atoms with Gasteiger partial charge in [-0.15, -0.1) is 0 Å². The Balaban J connectivity index is 2.15. The highest BCUT2D eigenvalue weighted by Crippen LogP contribution is 2.55. The van der Waals surface area contributed by atoms with E-state index in [0.29, 0.717) is 5.92 Å². The lowest BCUT2D eigenvalue weighted by molar-refractivity contribution is 0.300. The van der Waals surface area contributed by atoms with Crippen LogP contribution in [0.4, 0.5) is 0 Å². The summed E-state index contributed by atoms with van der Waals surface area (Å²) in [4.78, 5) is 0. The third-order valence-corrected chi connectivity index (χ3v) is 3.09. The molecule has 3 aliphatic carbocycles. The van der Waals surface area contributed by atoms with Gasteiger partial charge >= 0.3 is 0 Å².